The minimum absolute atomic E-state index is 0.0128. The summed E-state index contributed by atoms with van der Waals surface area (Å²) in [4.78, 5) is 4.60. The van der Waals surface area contributed by atoms with Crippen molar-refractivity contribution >= 4 is 0 Å². The molecule has 1 saturated heterocycles. The Hall–Kier alpha value is -1.62. The largest absolute Gasteiger partial charge is 0.469 e. The third kappa shape index (κ3) is 2.08. The maximum absolute atomic E-state index is 5.53. The second-order valence-corrected chi connectivity index (χ2v) is 5.23. The van der Waals surface area contributed by atoms with Crippen LogP contribution >= 0.6 is 0 Å². The van der Waals surface area contributed by atoms with E-state index in [-0.39, 0.29) is 5.41 Å². The van der Waals surface area contributed by atoms with Gasteiger partial charge < -0.3 is 14.3 Å². The molecule has 19 heavy (non-hydrogen) atoms. The van der Waals surface area contributed by atoms with E-state index >= 15 is 0 Å². The first kappa shape index (κ1) is 12.4. The molecule has 1 unspecified atom stereocenters. The van der Waals surface area contributed by atoms with Crippen molar-refractivity contribution in [1.29, 1.82) is 0 Å². The van der Waals surface area contributed by atoms with Gasteiger partial charge in [-0.2, -0.15) is 4.98 Å². The summed E-state index contributed by atoms with van der Waals surface area (Å²) in [7, 11) is 0. The van der Waals surface area contributed by atoms with E-state index in [0.717, 1.165) is 49.6 Å². The average Bonchev–Trinajstić information content (AvgIpc) is 3.08. The first-order valence-corrected chi connectivity index (χ1v) is 6.84. The zero-order valence-corrected chi connectivity index (χ0v) is 11.4. The topological polar surface area (TPSA) is 64.1 Å². The monoisotopic (exact) mass is 261 g/mol. The minimum atomic E-state index is -0.0128. The Kier molecular flexibility index (Phi) is 3.14. The number of aryl methyl sites for hydroxylation is 1. The first-order valence-electron chi connectivity index (χ1n) is 6.84. The highest BCUT2D eigenvalue weighted by atomic mass is 16.5. The fourth-order valence-electron chi connectivity index (χ4n) is 2.77. The molecule has 0 radical (unpaired) electrons. The number of nitrogens with one attached hydrogen (secondary N) is 1. The molecule has 0 bridgehead atoms. The van der Waals surface area contributed by atoms with Crippen molar-refractivity contribution in [2.45, 2.75) is 38.5 Å². The number of rotatable bonds is 3. The van der Waals surface area contributed by atoms with Crippen LogP contribution in [0.2, 0.25) is 0 Å². The molecule has 5 heteroatoms. The molecule has 0 spiro atoms. The quantitative estimate of drug-likeness (QED) is 0.920. The Morgan fingerprint density at radius 1 is 1.47 bits per heavy atom. The second kappa shape index (κ2) is 4.81. The van der Waals surface area contributed by atoms with Gasteiger partial charge in [0.05, 0.1) is 17.2 Å². The maximum atomic E-state index is 5.53. The normalized spacial score (nSPS) is 23.7. The van der Waals surface area contributed by atoms with E-state index in [1.165, 1.54) is 0 Å². The van der Waals surface area contributed by atoms with Crippen molar-refractivity contribution in [2.75, 3.05) is 13.1 Å². The zero-order chi connectivity index (χ0) is 13.3. The molecule has 2 aromatic rings. The summed E-state index contributed by atoms with van der Waals surface area (Å²) in [6.45, 7) is 6.07. The molecule has 1 N–H and O–H groups in total. The number of nitrogens with zero attached hydrogens (tertiary/aromatic N) is 2. The van der Waals surface area contributed by atoms with Crippen LogP contribution in [0.15, 0.2) is 21.3 Å². The second-order valence-electron chi connectivity index (χ2n) is 5.23. The standard InChI is InChI=1S/C14H19N3O2/c1-3-14(6-4-7-15-9-14)13-16-12(17-19-13)11-5-8-18-10(11)2/h5,8,15H,3-4,6-7,9H2,1-2H3. The zero-order valence-electron chi connectivity index (χ0n) is 11.4. The van der Waals surface area contributed by atoms with Gasteiger partial charge in [-0.05, 0) is 38.8 Å². The molecular formula is C14H19N3O2. The molecule has 5 nitrogen and oxygen atoms in total. The molecule has 0 saturated carbocycles. The number of aromatic nitrogens is 2. The third-order valence-electron chi connectivity index (χ3n) is 4.13. The number of furan rings is 1. The lowest BCUT2D eigenvalue weighted by Crippen LogP contribution is -2.43. The van der Waals surface area contributed by atoms with Crippen LogP contribution in [0.3, 0.4) is 0 Å². The van der Waals surface area contributed by atoms with Crippen LogP contribution in [0.25, 0.3) is 11.4 Å². The van der Waals surface area contributed by atoms with Crippen LogP contribution in [-0.2, 0) is 5.41 Å². The molecule has 1 fully saturated rings. The predicted molar refractivity (Wildman–Crippen MR) is 70.8 cm³/mol. The Labute approximate surface area is 112 Å². The van der Waals surface area contributed by atoms with Gasteiger partial charge in [-0.15, -0.1) is 0 Å². The minimum Gasteiger partial charge on any atom is -0.469 e. The van der Waals surface area contributed by atoms with Crippen LogP contribution < -0.4 is 5.32 Å². The summed E-state index contributed by atoms with van der Waals surface area (Å²) >= 11 is 0. The van der Waals surface area contributed by atoms with Gasteiger partial charge in [-0.3, -0.25) is 0 Å². The van der Waals surface area contributed by atoms with Gasteiger partial charge in [0.1, 0.15) is 5.76 Å². The molecule has 3 rings (SSSR count). The molecule has 1 atom stereocenters. The molecule has 0 amide bonds. The van der Waals surface area contributed by atoms with E-state index in [0.29, 0.717) is 5.82 Å². The van der Waals surface area contributed by atoms with E-state index in [2.05, 4.69) is 22.4 Å². The van der Waals surface area contributed by atoms with Gasteiger partial charge in [-0.25, -0.2) is 0 Å². The van der Waals surface area contributed by atoms with E-state index < -0.39 is 0 Å². The highest BCUT2D eigenvalue weighted by Gasteiger charge is 2.37. The Morgan fingerprint density at radius 3 is 3.00 bits per heavy atom. The lowest BCUT2D eigenvalue weighted by molar-refractivity contribution is 0.221. The van der Waals surface area contributed by atoms with Gasteiger partial charge >= 0.3 is 0 Å². The van der Waals surface area contributed by atoms with Crippen molar-refractivity contribution in [3.05, 3.63) is 24.0 Å². The van der Waals surface area contributed by atoms with Gasteiger partial charge in [0, 0.05) is 6.54 Å². The molecule has 1 aliphatic rings. The summed E-state index contributed by atoms with van der Waals surface area (Å²) in [5, 5.41) is 7.55. The lowest BCUT2D eigenvalue weighted by Gasteiger charge is -2.33. The SMILES string of the molecule is CCC1(c2nc(-c3ccoc3C)no2)CCCNC1. The molecular weight excluding hydrogens is 242 g/mol. The number of hydrogen-bond acceptors (Lipinski definition) is 5. The maximum Gasteiger partial charge on any atom is 0.234 e. The highest BCUT2D eigenvalue weighted by Crippen LogP contribution is 2.34. The average molecular weight is 261 g/mol. The van der Waals surface area contributed by atoms with E-state index in [1.807, 2.05) is 13.0 Å². The van der Waals surface area contributed by atoms with Crippen LogP contribution in [0, 0.1) is 6.92 Å². The van der Waals surface area contributed by atoms with E-state index in [9.17, 15) is 0 Å². The van der Waals surface area contributed by atoms with E-state index in [4.69, 9.17) is 8.94 Å². The highest BCUT2D eigenvalue weighted by molar-refractivity contribution is 5.56. The molecule has 0 aliphatic carbocycles. The summed E-state index contributed by atoms with van der Waals surface area (Å²) in [6.07, 6.45) is 4.91. The van der Waals surface area contributed by atoms with Crippen molar-refractivity contribution in [3.63, 3.8) is 0 Å². The smallest absolute Gasteiger partial charge is 0.234 e. The summed E-state index contributed by atoms with van der Waals surface area (Å²) < 4.78 is 10.8. The van der Waals surface area contributed by atoms with Crippen LogP contribution in [-0.4, -0.2) is 23.2 Å². The number of piperidine rings is 1. The van der Waals surface area contributed by atoms with Crippen molar-refractivity contribution in [1.82, 2.24) is 15.5 Å². The third-order valence-corrected chi connectivity index (χ3v) is 4.13. The number of hydrogen-bond donors (Lipinski definition) is 1. The Morgan fingerprint density at radius 2 is 2.37 bits per heavy atom. The van der Waals surface area contributed by atoms with Crippen LogP contribution in [0.1, 0.15) is 37.8 Å². The summed E-state index contributed by atoms with van der Waals surface area (Å²) in [6, 6.07) is 1.88. The molecule has 2 aromatic heterocycles. The fraction of sp³-hybridized carbons (Fsp3) is 0.571. The van der Waals surface area contributed by atoms with Crippen molar-refractivity contribution in [2.24, 2.45) is 0 Å². The first-order chi connectivity index (χ1) is 9.25. The summed E-state index contributed by atoms with van der Waals surface area (Å²) in [5.74, 6) is 2.19. The Bertz CT molecular complexity index is 553. The fourth-order valence-corrected chi connectivity index (χ4v) is 2.77. The van der Waals surface area contributed by atoms with Gasteiger partial charge in [0.25, 0.3) is 0 Å². The molecule has 102 valence electrons. The van der Waals surface area contributed by atoms with Crippen molar-refractivity contribution < 1.29 is 8.94 Å². The van der Waals surface area contributed by atoms with Gasteiger partial charge in [0.2, 0.25) is 11.7 Å². The van der Waals surface area contributed by atoms with Crippen LogP contribution in [0.4, 0.5) is 0 Å². The van der Waals surface area contributed by atoms with Crippen LogP contribution in [0.5, 0.6) is 0 Å². The summed E-state index contributed by atoms with van der Waals surface area (Å²) in [5.41, 5.74) is 0.895. The van der Waals surface area contributed by atoms with Gasteiger partial charge in [-0.1, -0.05) is 12.1 Å². The molecule has 3 heterocycles. The van der Waals surface area contributed by atoms with E-state index in [1.54, 1.807) is 6.26 Å². The van der Waals surface area contributed by atoms with Gasteiger partial charge in [0.15, 0.2) is 0 Å². The molecule has 0 aromatic carbocycles. The Balaban J connectivity index is 1.94. The predicted octanol–water partition coefficient (Wildman–Crippen LogP) is 2.67. The lowest BCUT2D eigenvalue weighted by atomic mass is 9.78. The molecule has 1 aliphatic heterocycles. The van der Waals surface area contributed by atoms with Crippen molar-refractivity contribution in [3.8, 4) is 11.4 Å².